The molecule has 0 radical (unpaired) electrons. The predicted octanol–water partition coefficient (Wildman–Crippen LogP) is 3.82. The molecular formula is C21H24N4O. The van der Waals surface area contributed by atoms with E-state index in [2.05, 4.69) is 45.2 Å². The minimum atomic E-state index is 0.531. The second-order valence-electron chi connectivity index (χ2n) is 6.23. The van der Waals surface area contributed by atoms with Crippen molar-refractivity contribution >= 4 is 11.0 Å². The number of fused-ring (bicyclic) bond motifs is 1. The van der Waals surface area contributed by atoms with Crippen LogP contribution in [0.1, 0.15) is 24.2 Å². The number of hydrogen-bond donors (Lipinski definition) is 1. The van der Waals surface area contributed by atoms with Gasteiger partial charge in [0.15, 0.2) is 0 Å². The molecule has 3 aromatic rings. The van der Waals surface area contributed by atoms with E-state index in [0.717, 1.165) is 43.1 Å². The van der Waals surface area contributed by atoms with Gasteiger partial charge in [0.05, 0.1) is 23.7 Å². The van der Waals surface area contributed by atoms with Gasteiger partial charge in [-0.15, -0.1) is 0 Å². The monoisotopic (exact) mass is 348 g/mol. The van der Waals surface area contributed by atoms with Gasteiger partial charge in [-0.1, -0.05) is 24.3 Å². The maximum atomic E-state index is 8.55. The van der Waals surface area contributed by atoms with Crippen molar-refractivity contribution in [3.63, 3.8) is 0 Å². The van der Waals surface area contributed by atoms with E-state index in [1.807, 2.05) is 31.2 Å². The van der Waals surface area contributed by atoms with Crippen LogP contribution >= 0.6 is 0 Å². The van der Waals surface area contributed by atoms with Crippen LogP contribution in [-0.2, 0) is 13.1 Å². The van der Waals surface area contributed by atoms with Gasteiger partial charge in [-0.05, 0) is 43.2 Å². The number of ether oxygens (including phenoxy) is 1. The van der Waals surface area contributed by atoms with Crippen molar-refractivity contribution in [1.29, 1.82) is 5.26 Å². The van der Waals surface area contributed by atoms with E-state index < -0.39 is 0 Å². The average Bonchev–Trinajstić information content (AvgIpc) is 2.98. The molecule has 134 valence electrons. The zero-order valence-corrected chi connectivity index (χ0v) is 15.1. The molecule has 0 spiro atoms. The molecule has 1 heterocycles. The van der Waals surface area contributed by atoms with E-state index >= 15 is 0 Å². The summed E-state index contributed by atoms with van der Waals surface area (Å²) in [6.45, 7) is 5.18. The molecule has 0 saturated carbocycles. The topological polar surface area (TPSA) is 62.9 Å². The second kappa shape index (κ2) is 9.02. The van der Waals surface area contributed by atoms with Crippen LogP contribution in [0.3, 0.4) is 0 Å². The number of nitriles is 1. The van der Waals surface area contributed by atoms with E-state index in [1.165, 1.54) is 11.1 Å². The normalized spacial score (nSPS) is 10.8. The fourth-order valence-corrected chi connectivity index (χ4v) is 2.99. The summed E-state index contributed by atoms with van der Waals surface area (Å²) < 4.78 is 7.93. The highest BCUT2D eigenvalue weighted by Crippen LogP contribution is 2.15. The van der Waals surface area contributed by atoms with Gasteiger partial charge in [0.1, 0.15) is 11.6 Å². The molecule has 0 atom stereocenters. The number of nitrogens with zero attached hydrogens (tertiary/aromatic N) is 3. The van der Waals surface area contributed by atoms with E-state index in [-0.39, 0.29) is 0 Å². The SMILES string of the molecule is Cc1nc2ccccc2n1CCNCc1cccc(OCCCC#N)c1. The van der Waals surface area contributed by atoms with Crippen molar-refractivity contribution in [2.24, 2.45) is 0 Å². The van der Waals surface area contributed by atoms with Gasteiger partial charge in [-0.2, -0.15) is 5.26 Å². The third-order valence-electron chi connectivity index (χ3n) is 4.29. The molecule has 0 amide bonds. The number of hydrogen-bond acceptors (Lipinski definition) is 4. The minimum Gasteiger partial charge on any atom is -0.494 e. The molecule has 0 saturated heterocycles. The Balaban J connectivity index is 1.49. The van der Waals surface area contributed by atoms with Crippen molar-refractivity contribution in [3.05, 3.63) is 59.9 Å². The number of nitrogens with one attached hydrogen (secondary N) is 1. The van der Waals surface area contributed by atoms with Crippen molar-refractivity contribution in [2.75, 3.05) is 13.2 Å². The summed E-state index contributed by atoms with van der Waals surface area (Å²) in [4.78, 5) is 4.60. The molecule has 5 heteroatoms. The summed E-state index contributed by atoms with van der Waals surface area (Å²) in [5.41, 5.74) is 3.42. The number of aryl methyl sites for hydroxylation is 1. The summed E-state index contributed by atoms with van der Waals surface area (Å²) in [6.07, 6.45) is 1.29. The molecule has 2 aromatic carbocycles. The predicted molar refractivity (Wildman–Crippen MR) is 103 cm³/mol. The first-order valence-corrected chi connectivity index (χ1v) is 8.99. The molecule has 1 aromatic heterocycles. The molecular weight excluding hydrogens is 324 g/mol. The molecule has 0 bridgehead atoms. The Labute approximate surface area is 154 Å². The van der Waals surface area contributed by atoms with E-state index in [4.69, 9.17) is 10.00 Å². The number of aromatic nitrogens is 2. The van der Waals surface area contributed by atoms with E-state index in [0.29, 0.717) is 13.0 Å². The minimum absolute atomic E-state index is 0.531. The standard InChI is InChI=1S/C21H24N4O/c1-17-24-20-9-2-3-10-21(20)25(17)13-12-23-16-18-7-6-8-19(15-18)26-14-5-4-11-22/h2-3,6-10,15,23H,4-5,12-14,16H2,1H3. The summed E-state index contributed by atoms with van der Waals surface area (Å²) >= 11 is 0. The Morgan fingerprint density at radius 2 is 2.08 bits per heavy atom. The van der Waals surface area contributed by atoms with Crippen molar-refractivity contribution in [1.82, 2.24) is 14.9 Å². The Morgan fingerprint density at radius 3 is 2.96 bits per heavy atom. The summed E-state index contributed by atoms with van der Waals surface area (Å²) in [5.74, 6) is 1.90. The van der Waals surface area contributed by atoms with Crippen LogP contribution in [0.5, 0.6) is 5.75 Å². The average molecular weight is 348 g/mol. The van der Waals surface area contributed by atoms with Crippen molar-refractivity contribution < 1.29 is 4.74 Å². The summed E-state index contributed by atoms with van der Waals surface area (Å²) in [7, 11) is 0. The number of rotatable bonds is 9. The highest BCUT2D eigenvalue weighted by molar-refractivity contribution is 5.75. The Hall–Kier alpha value is -2.84. The molecule has 0 unspecified atom stereocenters. The molecule has 0 aliphatic rings. The lowest BCUT2D eigenvalue weighted by Crippen LogP contribution is -2.20. The Kier molecular flexibility index (Phi) is 6.24. The summed E-state index contributed by atoms with van der Waals surface area (Å²) in [5, 5.41) is 12.0. The lowest BCUT2D eigenvalue weighted by molar-refractivity contribution is 0.312. The smallest absolute Gasteiger partial charge is 0.119 e. The van der Waals surface area contributed by atoms with Crippen molar-refractivity contribution in [3.8, 4) is 11.8 Å². The highest BCUT2D eigenvalue weighted by Gasteiger charge is 2.05. The largest absolute Gasteiger partial charge is 0.494 e. The number of unbranched alkanes of at least 4 members (excludes halogenated alkanes) is 1. The van der Waals surface area contributed by atoms with Gasteiger partial charge in [0.25, 0.3) is 0 Å². The van der Waals surface area contributed by atoms with Crippen LogP contribution in [0.15, 0.2) is 48.5 Å². The Morgan fingerprint density at radius 1 is 1.19 bits per heavy atom. The maximum Gasteiger partial charge on any atom is 0.119 e. The van der Waals surface area contributed by atoms with Crippen LogP contribution in [0.4, 0.5) is 0 Å². The molecule has 0 aliphatic heterocycles. The van der Waals surface area contributed by atoms with E-state index in [1.54, 1.807) is 0 Å². The molecule has 0 aliphatic carbocycles. The van der Waals surface area contributed by atoms with Crippen LogP contribution in [0.25, 0.3) is 11.0 Å². The first-order chi connectivity index (χ1) is 12.8. The van der Waals surface area contributed by atoms with Gasteiger partial charge in [0, 0.05) is 26.1 Å². The van der Waals surface area contributed by atoms with Crippen molar-refractivity contribution in [2.45, 2.75) is 32.9 Å². The zero-order valence-electron chi connectivity index (χ0n) is 15.1. The van der Waals surface area contributed by atoms with Crippen LogP contribution in [0.2, 0.25) is 0 Å². The van der Waals surface area contributed by atoms with Gasteiger partial charge >= 0.3 is 0 Å². The highest BCUT2D eigenvalue weighted by atomic mass is 16.5. The molecule has 0 fully saturated rings. The number of imidazole rings is 1. The zero-order chi connectivity index (χ0) is 18.2. The first-order valence-electron chi connectivity index (χ1n) is 8.99. The molecule has 5 nitrogen and oxygen atoms in total. The van der Waals surface area contributed by atoms with Gasteiger partial charge in [-0.25, -0.2) is 4.98 Å². The van der Waals surface area contributed by atoms with Gasteiger partial charge in [0.2, 0.25) is 0 Å². The third-order valence-corrected chi connectivity index (χ3v) is 4.29. The fraction of sp³-hybridized carbons (Fsp3) is 0.333. The fourth-order valence-electron chi connectivity index (χ4n) is 2.99. The molecule has 26 heavy (non-hydrogen) atoms. The van der Waals surface area contributed by atoms with Crippen LogP contribution < -0.4 is 10.1 Å². The van der Waals surface area contributed by atoms with E-state index in [9.17, 15) is 0 Å². The number of para-hydroxylation sites is 2. The lowest BCUT2D eigenvalue weighted by atomic mass is 10.2. The quantitative estimate of drug-likeness (QED) is 0.597. The van der Waals surface area contributed by atoms with Crippen LogP contribution in [0, 0.1) is 18.3 Å². The molecule has 1 N–H and O–H groups in total. The second-order valence-corrected chi connectivity index (χ2v) is 6.23. The van der Waals surface area contributed by atoms with Gasteiger partial charge in [-0.3, -0.25) is 0 Å². The maximum absolute atomic E-state index is 8.55. The lowest BCUT2D eigenvalue weighted by Gasteiger charge is -2.10. The summed E-state index contributed by atoms with van der Waals surface area (Å²) in [6, 6.07) is 18.5. The Bertz CT molecular complexity index is 894. The van der Waals surface area contributed by atoms with Crippen LogP contribution in [-0.4, -0.2) is 22.7 Å². The first kappa shape index (κ1) is 18.0. The third kappa shape index (κ3) is 4.62. The molecule has 3 rings (SSSR count). The van der Waals surface area contributed by atoms with Gasteiger partial charge < -0.3 is 14.6 Å². The number of benzene rings is 2.